The first-order valence-corrected chi connectivity index (χ1v) is 9.25. The minimum Gasteiger partial charge on any atom is -0.493 e. The summed E-state index contributed by atoms with van der Waals surface area (Å²) in [7, 11) is 0. The topological polar surface area (TPSA) is 65.4 Å². The molecule has 1 aromatic carbocycles. The van der Waals surface area contributed by atoms with Crippen LogP contribution in [0.1, 0.15) is 18.4 Å². The van der Waals surface area contributed by atoms with Crippen molar-refractivity contribution in [3.05, 3.63) is 29.8 Å². The molecule has 25 heavy (non-hydrogen) atoms. The Bertz CT molecular complexity index is 536. The first-order chi connectivity index (χ1) is 12.2. The summed E-state index contributed by atoms with van der Waals surface area (Å²) in [5.74, 6) is 0.920. The zero-order chi connectivity index (χ0) is 17.5. The van der Waals surface area contributed by atoms with E-state index < -0.39 is 5.60 Å². The minimum atomic E-state index is -0.950. The van der Waals surface area contributed by atoms with Crippen molar-refractivity contribution in [3.63, 3.8) is 0 Å². The number of hydrogen-bond donors (Lipinski definition) is 2. The van der Waals surface area contributed by atoms with Crippen LogP contribution in [0.3, 0.4) is 0 Å². The summed E-state index contributed by atoms with van der Waals surface area (Å²) in [6.45, 7) is 7.30. The van der Waals surface area contributed by atoms with E-state index in [2.05, 4.69) is 15.9 Å². The van der Waals surface area contributed by atoms with Crippen LogP contribution in [0.4, 0.5) is 0 Å². The molecule has 0 aliphatic carbocycles. The van der Waals surface area contributed by atoms with Crippen molar-refractivity contribution in [3.8, 4) is 5.75 Å². The summed E-state index contributed by atoms with van der Waals surface area (Å²) in [6, 6.07) is 8.10. The van der Waals surface area contributed by atoms with Crippen molar-refractivity contribution < 1.29 is 19.7 Å². The molecule has 2 aliphatic heterocycles. The average Bonchev–Trinajstić information content (AvgIpc) is 3.02. The van der Waals surface area contributed by atoms with E-state index in [9.17, 15) is 10.2 Å². The zero-order valence-electron chi connectivity index (χ0n) is 14.9. The van der Waals surface area contributed by atoms with Crippen LogP contribution in [0.25, 0.3) is 0 Å². The van der Waals surface area contributed by atoms with Gasteiger partial charge in [-0.15, -0.1) is 0 Å². The Labute approximate surface area is 149 Å². The Morgan fingerprint density at radius 2 is 1.92 bits per heavy atom. The van der Waals surface area contributed by atoms with Crippen LogP contribution >= 0.6 is 0 Å². The Balaban J connectivity index is 1.46. The largest absolute Gasteiger partial charge is 0.493 e. The van der Waals surface area contributed by atoms with E-state index in [-0.39, 0.29) is 6.61 Å². The summed E-state index contributed by atoms with van der Waals surface area (Å²) >= 11 is 0. The summed E-state index contributed by atoms with van der Waals surface area (Å²) in [5.41, 5.74) is 0.185. The normalized spacial score (nSPS) is 25.4. The second-order valence-electron chi connectivity index (χ2n) is 7.11. The van der Waals surface area contributed by atoms with Crippen LogP contribution in [0, 0.1) is 0 Å². The van der Waals surface area contributed by atoms with Crippen LogP contribution in [0.15, 0.2) is 24.3 Å². The number of rotatable bonds is 8. The molecule has 3 rings (SSSR count). The Morgan fingerprint density at radius 1 is 1.12 bits per heavy atom. The lowest BCUT2D eigenvalue weighted by Crippen LogP contribution is -2.37. The second-order valence-corrected chi connectivity index (χ2v) is 7.11. The number of aliphatic hydroxyl groups excluding tert-OH is 1. The number of likely N-dealkylation sites (tertiary alicyclic amines) is 1. The van der Waals surface area contributed by atoms with Crippen LogP contribution in [-0.4, -0.2) is 84.8 Å². The Kier molecular flexibility index (Phi) is 6.67. The van der Waals surface area contributed by atoms with Crippen molar-refractivity contribution >= 4 is 0 Å². The smallest absolute Gasteiger partial charge is 0.123 e. The van der Waals surface area contributed by atoms with E-state index in [1.165, 1.54) is 0 Å². The molecule has 2 aliphatic rings. The van der Waals surface area contributed by atoms with Gasteiger partial charge in [0.25, 0.3) is 0 Å². The lowest BCUT2D eigenvalue weighted by atomic mass is 10.1. The van der Waals surface area contributed by atoms with Crippen molar-refractivity contribution in [2.24, 2.45) is 0 Å². The van der Waals surface area contributed by atoms with Crippen LogP contribution in [-0.2, 0) is 11.3 Å². The van der Waals surface area contributed by atoms with Gasteiger partial charge in [-0.2, -0.15) is 0 Å². The number of para-hydroxylation sites is 1. The van der Waals surface area contributed by atoms with Gasteiger partial charge in [-0.1, -0.05) is 18.2 Å². The Morgan fingerprint density at radius 3 is 2.68 bits per heavy atom. The van der Waals surface area contributed by atoms with Crippen molar-refractivity contribution in [2.75, 3.05) is 59.2 Å². The highest BCUT2D eigenvalue weighted by Gasteiger charge is 2.35. The fourth-order valence-corrected chi connectivity index (χ4v) is 3.52. The zero-order valence-corrected chi connectivity index (χ0v) is 14.9. The van der Waals surface area contributed by atoms with Crippen molar-refractivity contribution in [1.29, 1.82) is 0 Å². The van der Waals surface area contributed by atoms with Gasteiger partial charge in [-0.25, -0.2) is 0 Å². The summed E-state index contributed by atoms with van der Waals surface area (Å²) in [6.07, 6.45) is 1.62. The van der Waals surface area contributed by atoms with Gasteiger partial charge in [0, 0.05) is 44.8 Å². The third-order valence-corrected chi connectivity index (χ3v) is 5.05. The van der Waals surface area contributed by atoms with Gasteiger partial charge in [-0.05, 0) is 18.9 Å². The molecule has 2 heterocycles. The third kappa shape index (κ3) is 5.39. The first kappa shape index (κ1) is 18.6. The molecule has 0 amide bonds. The van der Waals surface area contributed by atoms with Gasteiger partial charge >= 0.3 is 0 Å². The standard InChI is InChI=1S/C19H30N2O4/c22-16-19(23)6-8-21(15-19)14-17-4-1-2-5-18(17)25-11-3-7-20-9-12-24-13-10-20/h1-2,4-5,22-23H,3,6-16H2/t19-/m0/s1. The van der Waals surface area contributed by atoms with Gasteiger partial charge in [0.2, 0.25) is 0 Å². The number of nitrogens with zero attached hydrogens (tertiary/aromatic N) is 2. The lowest BCUT2D eigenvalue weighted by molar-refractivity contribution is -0.00585. The van der Waals surface area contributed by atoms with E-state index in [1.807, 2.05) is 18.2 Å². The fraction of sp³-hybridized carbons (Fsp3) is 0.684. The molecule has 0 radical (unpaired) electrons. The van der Waals surface area contributed by atoms with Gasteiger partial charge in [-0.3, -0.25) is 9.80 Å². The minimum absolute atomic E-state index is 0.177. The number of hydrogen-bond acceptors (Lipinski definition) is 6. The monoisotopic (exact) mass is 350 g/mol. The first-order valence-electron chi connectivity index (χ1n) is 9.25. The molecule has 2 fully saturated rings. The fourth-order valence-electron chi connectivity index (χ4n) is 3.52. The number of benzene rings is 1. The molecule has 6 nitrogen and oxygen atoms in total. The van der Waals surface area contributed by atoms with E-state index in [1.54, 1.807) is 0 Å². The quantitative estimate of drug-likeness (QED) is 0.674. The molecular weight excluding hydrogens is 320 g/mol. The van der Waals surface area contributed by atoms with Gasteiger partial charge in [0.1, 0.15) is 11.4 Å². The maximum atomic E-state index is 10.2. The van der Waals surface area contributed by atoms with Gasteiger partial charge in [0.05, 0.1) is 26.4 Å². The number of morpholine rings is 1. The molecule has 0 unspecified atom stereocenters. The molecule has 0 saturated carbocycles. The Hall–Kier alpha value is -1.18. The maximum Gasteiger partial charge on any atom is 0.123 e. The SMILES string of the molecule is OC[C@]1(O)CCN(Cc2ccccc2OCCCN2CCOCC2)C1. The predicted octanol–water partition coefficient (Wildman–Crippen LogP) is 0.717. The molecule has 1 atom stereocenters. The molecule has 1 aromatic rings. The van der Waals surface area contributed by atoms with Gasteiger partial charge < -0.3 is 19.7 Å². The molecule has 6 heteroatoms. The van der Waals surface area contributed by atoms with Gasteiger partial charge in [0.15, 0.2) is 0 Å². The van der Waals surface area contributed by atoms with E-state index in [0.717, 1.165) is 63.7 Å². The molecule has 140 valence electrons. The van der Waals surface area contributed by atoms with E-state index in [0.29, 0.717) is 19.6 Å². The molecule has 0 aromatic heterocycles. The highest BCUT2D eigenvalue weighted by molar-refractivity contribution is 5.33. The van der Waals surface area contributed by atoms with E-state index in [4.69, 9.17) is 9.47 Å². The maximum absolute atomic E-state index is 10.2. The molecule has 0 bridgehead atoms. The van der Waals surface area contributed by atoms with Crippen molar-refractivity contribution in [2.45, 2.75) is 25.0 Å². The highest BCUT2D eigenvalue weighted by Crippen LogP contribution is 2.26. The third-order valence-electron chi connectivity index (χ3n) is 5.05. The molecule has 0 spiro atoms. The van der Waals surface area contributed by atoms with E-state index >= 15 is 0 Å². The summed E-state index contributed by atoms with van der Waals surface area (Å²) in [5, 5.41) is 19.5. The predicted molar refractivity (Wildman–Crippen MR) is 95.7 cm³/mol. The molecule has 2 saturated heterocycles. The van der Waals surface area contributed by atoms with Crippen LogP contribution in [0.2, 0.25) is 0 Å². The second kappa shape index (κ2) is 8.96. The molecular formula is C19H30N2O4. The summed E-state index contributed by atoms with van der Waals surface area (Å²) < 4.78 is 11.4. The summed E-state index contributed by atoms with van der Waals surface area (Å²) in [4.78, 5) is 4.59. The lowest BCUT2D eigenvalue weighted by Gasteiger charge is -2.26. The van der Waals surface area contributed by atoms with Crippen molar-refractivity contribution in [1.82, 2.24) is 9.80 Å². The number of ether oxygens (including phenoxy) is 2. The average molecular weight is 350 g/mol. The highest BCUT2D eigenvalue weighted by atomic mass is 16.5. The molecule has 2 N–H and O–H groups in total. The van der Waals surface area contributed by atoms with Crippen LogP contribution < -0.4 is 4.74 Å². The number of β-amino-alcohol motifs (C(OH)–C–C–N with tert-alkyl or cyclic N) is 1. The van der Waals surface area contributed by atoms with Crippen LogP contribution in [0.5, 0.6) is 5.75 Å². The number of aliphatic hydroxyl groups is 2.